The smallest absolute Gasteiger partial charge is 0.251 e. The van der Waals surface area contributed by atoms with E-state index in [0.29, 0.717) is 43.1 Å². The van der Waals surface area contributed by atoms with Crippen molar-refractivity contribution in [3.63, 3.8) is 0 Å². The fraction of sp³-hybridized carbons (Fsp3) is 0.414. The Labute approximate surface area is 254 Å². The van der Waals surface area contributed by atoms with Gasteiger partial charge in [-0.05, 0) is 84.5 Å². The summed E-state index contributed by atoms with van der Waals surface area (Å²) in [5.41, 5.74) is 3.77. The van der Waals surface area contributed by atoms with E-state index in [2.05, 4.69) is 16.0 Å². The molecule has 1 aliphatic heterocycles. The predicted octanol–water partition coefficient (Wildman–Crippen LogP) is 5.37. The highest BCUT2D eigenvalue weighted by Crippen LogP contribution is 2.50. The molecule has 4 rings (SSSR count). The number of thiophene rings is 1. The first-order valence-corrected chi connectivity index (χ1v) is 16.2. The third-order valence-corrected chi connectivity index (χ3v) is 9.53. The molecule has 3 aromatic rings. The average molecular weight is 625 g/mol. The first-order chi connectivity index (χ1) is 19.3. The number of nitrogens with one attached hydrogen (secondary N) is 3. The van der Waals surface area contributed by atoms with Crippen molar-refractivity contribution in [3.8, 4) is 5.75 Å². The Bertz CT molecular complexity index is 1250. The number of halogens is 1. The van der Waals surface area contributed by atoms with Crippen LogP contribution in [0.25, 0.3) is 0 Å². The van der Waals surface area contributed by atoms with Crippen molar-refractivity contribution < 1.29 is 23.7 Å². The number of hydrogen-bond donors (Lipinski definition) is 6. The first-order valence-electron chi connectivity index (χ1n) is 13.5. The summed E-state index contributed by atoms with van der Waals surface area (Å²) in [6.07, 6.45) is 1.23. The van der Waals surface area contributed by atoms with Crippen LogP contribution in [0.15, 0.2) is 59.3 Å². The van der Waals surface area contributed by atoms with E-state index in [0.717, 1.165) is 35.4 Å². The topological polar surface area (TPSA) is 126 Å². The summed E-state index contributed by atoms with van der Waals surface area (Å²) in [6.45, 7) is 3.96. The number of ether oxygens (including phenoxy) is 1. The van der Waals surface area contributed by atoms with Crippen LogP contribution in [0.3, 0.4) is 0 Å². The maximum absolute atomic E-state index is 13.6. The monoisotopic (exact) mass is 624 g/mol. The lowest BCUT2D eigenvalue weighted by atomic mass is 10.0. The van der Waals surface area contributed by atoms with Crippen molar-refractivity contribution in [2.45, 2.75) is 44.9 Å². The molecule has 0 radical (unpaired) electrons. The number of benzene rings is 2. The molecule has 0 unspecified atom stereocenters. The van der Waals surface area contributed by atoms with Crippen LogP contribution in [0.4, 0.5) is 11.4 Å². The number of amides is 1. The molecular weight excluding hydrogens is 584 g/mol. The van der Waals surface area contributed by atoms with Gasteiger partial charge < -0.3 is 25.8 Å². The summed E-state index contributed by atoms with van der Waals surface area (Å²) in [5.74, 6) is 0.756. The largest absolute Gasteiger partial charge is 0.497 e. The molecule has 1 aliphatic rings. The summed E-state index contributed by atoms with van der Waals surface area (Å²) in [4.78, 5) is 13.6. The molecule has 9 nitrogen and oxygen atoms in total. The van der Waals surface area contributed by atoms with E-state index in [1.165, 1.54) is 0 Å². The molecular formula is C29H41ClN4O5S2. The molecule has 2 atom stereocenters. The Hall–Kier alpha value is -2.51. The lowest BCUT2D eigenvalue weighted by Gasteiger charge is -2.47. The van der Waals surface area contributed by atoms with Gasteiger partial charge in [0.05, 0.1) is 30.7 Å². The molecule has 0 bridgehead atoms. The summed E-state index contributed by atoms with van der Waals surface area (Å²) in [6, 6.07) is 14.5. The lowest BCUT2D eigenvalue weighted by Crippen LogP contribution is -2.48. The highest BCUT2D eigenvalue weighted by atomic mass is 35.5. The Morgan fingerprint density at radius 1 is 1.15 bits per heavy atom. The standard InChI is InChI=1S/C29H40N4O5S2.ClH/c1-3-31-24-15-23(16-25(17-24)33-10-4-5-12-40(33,36)37)29(35)32-27(14-22-9-11-39-20-22)28(34)19-30-18-21-7-6-8-26(13-21)38-2;/h6-9,11,13,15-17,20,27-28,30-31,34,36-37H,3-5,10,12,14,18-19H2,1-2H3,(H,32,35);1H/t27-,28+;/m0./s1. The van der Waals surface area contributed by atoms with Gasteiger partial charge >= 0.3 is 0 Å². The zero-order valence-corrected chi connectivity index (χ0v) is 25.9. The molecule has 2 heterocycles. The molecule has 1 saturated heterocycles. The first kappa shape index (κ1) is 33.0. The van der Waals surface area contributed by atoms with Gasteiger partial charge in [0.2, 0.25) is 0 Å². The quantitative estimate of drug-likeness (QED) is 0.150. The van der Waals surface area contributed by atoms with Gasteiger partial charge in [0, 0.05) is 37.4 Å². The molecule has 1 aromatic heterocycles. The van der Waals surface area contributed by atoms with Crippen LogP contribution < -0.4 is 25.0 Å². The number of carbonyl (C=O) groups is 1. The molecule has 0 saturated carbocycles. The molecule has 6 N–H and O–H groups in total. The second-order valence-corrected chi connectivity index (χ2v) is 12.8. The van der Waals surface area contributed by atoms with Crippen molar-refractivity contribution in [1.29, 1.82) is 0 Å². The van der Waals surface area contributed by atoms with E-state index in [9.17, 15) is 19.0 Å². The molecule has 226 valence electrons. The summed E-state index contributed by atoms with van der Waals surface area (Å²) in [5, 5.41) is 24.7. The minimum atomic E-state index is -2.94. The molecule has 1 fully saturated rings. The molecule has 1 amide bonds. The van der Waals surface area contributed by atoms with E-state index in [1.807, 2.05) is 54.1 Å². The van der Waals surface area contributed by atoms with Gasteiger partial charge in [-0.15, -0.1) is 23.2 Å². The lowest BCUT2D eigenvalue weighted by molar-refractivity contribution is 0.0830. The number of rotatable bonds is 13. The molecule has 12 heteroatoms. The Morgan fingerprint density at radius 3 is 2.68 bits per heavy atom. The third-order valence-electron chi connectivity index (χ3n) is 6.86. The second-order valence-electron chi connectivity index (χ2n) is 9.91. The predicted molar refractivity (Wildman–Crippen MR) is 172 cm³/mol. The van der Waals surface area contributed by atoms with Gasteiger partial charge in [-0.3, -0.25) is 18.2 Å². The molecule has 2 aromatic carbocycles. The average Bonchev–Trinajstić information content (AvgIpc) is 3.45. The van der Waals surface area contributed by atoms with Gasteiger partial charge in [0.15, 0.2) is 0 Å². The number of methoxy groups -OCH3 is 1. The third kappa shape index (κ3) is 9.24. The van der Waals surface area contributed by atoms with Crippen molar-refractivity contribution in [2.24, 2.45) is 0 Å². The van der Waals surface area contributed by atoms with Crippen LogP contribution in [0.2, 0.25) is 0 Å². The number of anilines is 2. The minimum absolute atomic E-state index is 0. The SMILES string of the molecule is CCNc1cc(C(=O)N[C@@H](Cc2ccsc2)[C@H](O)CNCc2cccc(OC)c2)cc(N2CCCCS2(O)O)c1.Cl. The Kier molecular flexibility index (Phi) is 12.6. The minimum Gasteiger partial charge on any atom is -0.497 e. The number of aliphatic hydroxyl groups is 1. The Balaban J connectivity index is 0.00000462. The molecule has 0 spiro atoms. The summed E-state index contributed by atoms with van der Waals surface area (Å²) in [7, 11) is -1.31. The highest BCUT2D eigenvalue weighted by molar-refractivity contribution is 8.25. The van der Waals surface area contributed by atoms with Crippen LogP contribution >= 0.6 is 34.5 Å². The Morgan fingerprint density at radius 2 is 1.98 bits per heavy atom. The van der Waals surface area contributed by atoms with E-state index in [-0.39, 0.29) is 24.9 Å². The highest BCUT2D eigenvalue weighted by Gasteiger charge is 2.28. The van der Waals surface area contributed by atoms with Crippen molar-refractivity contribution >= 4 is 51.8 Å². The van der Waals surface area contributed by atoms with Crippen LogP contribution in [0, 0.1) is 0 Å². The summed E-state index contributed by atoms with van der Waals surface area (Å²) >= 11 is 1.57. The number of nitrogens with zero attached hydrogens (tertiary/aromatic N) is 1. The van der Waals surface area contributed by atoms with Gasteiger partial charge in [-0.25, -0.2) is 0 Å². The molecule has 41 heavy (non-hydrogen) atoms. The molecule has 0 aliphatic carbocycles. The van der Waals surface area contributed by atoms with Crippen LogP contribution in [0.5, 0.6) is 5.75 Å². The second kappa shape index (κ2) is 15.6. The maximum atomic E-state index is 13.6. The normalized spacial score (nSPS) is 16.7. The van der Waals surface area contributed by atoms with Crippen molar-refractivity contribution in [1.82, 2.24) is 10.6 Å². The van der Waals surface area contributed by atoms with Gasteiger partial charge in [-0.1, -0.05) is 12.1 Å². The van der Waals surface area contributed by atoms with E-state index in [4.69, 9.17) is 4.74 Å². The fourth-order valence-corrected chi connectivity index (χ4v) is 7.14. The van der Waals surface area contributed by atoms with Gasteiger partial charge in [0.25, 0.3) is 5.91 Å². The van der Waals surface area contributed by atoms with Crippen molar-refractivity contribution in [3.05, 3.63) is 76.0 Å². The fourth-order valence-electron chi connectivity index (χ4n) is 4.78. The van der Waals surface area contributed by atoms with Gasteiger partial charge in [-0.2, -0.15) is 11.3 Å². The van der Waals surface area contributed by atoms with Crippen LogP contribution in [0.1, 0.15) is 41.3 Å². The number of aliphatic hydroxyl groups excluding tert-OH is 1. The maximum Gasteiger partial charge on any atom is 0.251 e. The zero-order chi connectivity index (χ0) is 28.5. The van der Waals surface area contributed by atoms with Crippen LogP contribution in [-0.4, -0.2) is 64.8 Å². The van der Waals surface area contributed by atoms with E-state index < -0.39 is 22.9 Å². The summed E-state index contributed by atoms with van der Waals surface area (Å²) < 4.78 is 28.3. The number of hydrogen-bond acceptors (Lipinski definition) is 9. The van der Waals surface area contributed by atoms with Gasteiger partial charge in [0.1, 0.15) is 5.75 Å². The number of carbonyl (C=O) groups excluding carboxylic acids is 1. The van der Waals surface area contributed by atoms with Crippen LogP contribution in [-0.2, 0) is 13.0 Å². The van der Waals surface area contributed by atoms with Crippen molar-refractivity contribution in [2.75, 3.05) is 42.1 Å². The van der Waals surface area contributed by atoms with E-state index in [1.54, 1.807) is 34.9 Å². The van der Waals surface area contributed by atoms with E-state index >= 15 is 0 Å². The zero-order valence-electron chi connectivity index (χ0n) is 23.4.